The molecule has 19 heavy (non-hydrogen) atoms. The van der Waals surface area contributed by atoms with Gasteiger partial charge in [-0.2, -0.15) is 0 Å². The number of imidazole rings is 1. The molecule has 0 radical (unpaired) electrons. The molecule has 3 nitrogen and oxygen atoms in total. The number of aryl methyl sites for hydroxylation is 1. The molecule has 4 heteroatoms. The van der Waals surface area contributed by atoms with Crippen LogP contribution >= 0.6 is 0 Å². The van der Waals surface area contributed by atoms with E-state index in [2.05, 4.69) is 16.5 Å². The minimum Gasteiger partial charge on any atom is -0.383 e. The molecule has 0 aliphatic carbocycles. The third-order valence-corrected chi connectivity index (χ3v) is 3.94. The number of rotatable bonds is 1. The predicted octanol–water partition coefficient (Wildman–Crippen LogP) is 3.48. The number of halogens is 1. The van der Waals surface area contributed by atoms with Gasteiger partial charge < -0.3 is 10.3 Å². The van der Waals surface area contributed by atoms with E-state index in [1.54, 1.807) is 13.0 Å². The fourth-order valence-corrected chi connectivity index (χ4v) is 2.73. The Morgan fingerprint density at radius 3 is 2.89 bits per heavy atom. The molecule has 0 fully saturated rings. The molecule has 1 atom stereocenters. The maximum atomic E-state index is 13.7. The molecule has 1 aromatic carbocycles. The highest BCUT2D eigenvalue weighted by atomic mass is 19.1. The SMILES string of the molecule is Cc1ccc(-c2nc3n(c2N)CCCC3C)cc1F. The van der Waals surface area contributed by atoms with Gasteiger partial charge in [-0.15, -0.1) is 0 Å². The highest BCUT2D eigenvalue weighted by molar-refractivity contribution is 5.71. The maximum Gasteiger partial charge on any atom is 0.131 e. The van der Waals surface area contributed by atoms with Crippen LogP contribution in [-0.2, 0) is 6.54 Å². The van der Waals surface area contributed by atoms with E-state index in [1.165, 1.54) is 6.07 Å². The smallest absolute Gasteiger partial charge is 0.131 e. The van der Waals surface area contributed by atoms with Crippen LogP contribution in [0.3, 0.4) is 0 Å². The lowest BCUT2D eigenvalue weighted by Gasteiger charge is -2.20. The lowest BCUT2D eigenvalue weighted by Crippen LogP contribution is -2.15. The molecule has 0 saturated carbocycles. The van der Waals surface area contributed by atoms with Gasteiger partial charge in [-0.25, -0.2) is 9.37 Å². The van der Waals surface area contributed by atoms with E-state index in [-0.39, 0.29) is 5.82 Å². The van der Waals surface area contributed by atoms with Crippen molar-refractivity contribution in [2.45, 2.75) is 39.2 Å². The van der Waals surface area contributed by atoms with Crippen LogP contribution in [0.4, 0.5) is 10.2 Å². The number of nitrogens with two attached hydrogens (primary N) is 1. The largest absolute Gasteiger partial charge is 0.383 e. The van der Waals surface area contributed by atoms with Crippen molar-refractivity contribution in [3.05, 3.63) is 35.4 Å². The van der Waals surface area contributed by atoms with Gasteiger partial charge in [0.25, 0.3) is 0 Å². The summed E-state index contributed by atoms with van der Waals surface area (Å²) < 4.78 is 15.8. The number of anilines is 1. The summed E-state index contributed by atoms with van der Waals surface area (Å²) in [5.74, 6) is 1.89. The summed E-state index contributed by atoms with van der Waals surface area (Å²) >= 11 is 0. The van der Waals surface area contributed by atoms with Gasteiger partial charge in [-0.1, -0.05) is 19.1 Å². The van der Waals surface area contributed by atoms with Crippen molar-refractivity contribution in [1.29, 1.82) is 0 Å². The van der Waals surface area contributed by atoms with E-state index in [1.807, 2.05) is 6.07 Å². The number of hydrogen-bond donors (Lipinski definition) is 1. The topological polar surface area (TPSA) is 43.8 Å². The van der Waals surface area contributed by atoms with E-state index in [0.717, 1.165) is 30.8 Å². The Labute approximate surface area is 112 Å². The number of fused-ring (bicyclic) bond motifs is 1. The van der Waals surface area contributed by atoms with Gasteiger partial charge in [0.2, 0.25) is 0 Å². The number of hydrogen-bond acceptors (Lipinski definition) is 2. The monoisotopic (exact) mass is 259 g/mol. The lowest BCUT2D eigenvalue weighted by molar-refractivity contribution is 0.467. The average Bonchev–Trinajstić information content (AvgIpc) is 2.72. The van der Waals surface area contributed by atoms with Gasteiger partial charge in [0.05, 0.1) is 0 Å². The molecule has 0 bridgehead atoms. The quantitative estimate of drug-likeness (QED) is 0.852. The van der Waals surface area contributed by atoms with Gasteiger partial charge >= 0.3 is 0 Å². The van der Waals surface area contributed by atoms with Crippen LogP contribution in [0.5, 0.6) is 0 Å². The average molecular weight is 259 g/mol. The first-order chi connectivity index (χ1) is 9.08. The molecule has 2 N–H and O–H groups in total. The second-order valence-electron chi connectivity index (χ2n) is 5.36. The van der Waals surface area contributed by atoms with Gasteiger partial charge in [-0.3, -0.25) is 0 Å². The predicted molar refractivity (Wildman–Crippen MR) is 74.4 cm³/mol. The molecule has 2 heterocycles. The molecule has 3 rings (SSSR count). The van der Waals surface area contributed by atoms with Gasteiger partial charge in [0.1, 0.15) is 23.2 Å². The van der Waals surface area contributed by atoms with Crippen molar-refractivity contribution in [2.75, 3.05) is 5.73 Å². The molecule has 2 aromatic rings. The third kappa shape index (κ3) is 1.91. The van der Waals surface area contributed by atoms with E-state index in [4.69, 9.17) is 5.73 Å². The zero-order valence-electron chi connectivity index (χ0n) is 11.3. The minimum absolute atomic E-state index is 0.212. The van der Waals surface area contributed by atoms with Crippen molar-refractivity contribution in [2.24, 2.45) is 0 Å². The number of nitrogen functional groups attached to an aromatic ring is 1. The molecule has 0 saturated heterocycles. The van der Waals surface area contributed by atoms with E-state index < -0.39 is 0 Å². The Bertz CT molecular complexity index is 631. The fraction of sp³-hybridized carbons (Fsp3) is 0.400. The van der Waals surface area contributed by atoms with Crippen LogP contribution in [0.25, 0.3) is 11.3 Å². The summed E-state index contributed by atoms with van der Waals surface area (Å²) in [7, 11) is 0. The summed E-state index contributed by atoms with van der Waals surface area (Å²) in [5.41, 5.74) is 8.29. The van der Waals surface area contributed by atoms with Gasteiger partial charge in [0.15, 0.2) is 0 Å². The zero-order valence-corrected chi connectivity index (χ0v) is 11.3. The van der Waals surface area contributed by atoms with E-state index >= 15 is 0 Å². The van der Waals surface area contributed by atoms with Crippen LogP contribution in [0.2, 0.25) is 0 Å². The van der Waals surface area contributed by atoms with E-state index in [9.17, 15) is 4.39 Å². The summed E-state index contributed by atoms with van der Waals surface area (Å²) in [6, 6.07) is 5.17. The van der Waals surface area contributed by atoms with Crippen LogP contribution in [0, 0.1) is 12.7 Å². The van der Waals surface area contributed by atoms with Crippen molar-refractivity contribution in [3.63, 3.8) is 0 Å². The van der Waals surface area contributed by atoms with Gasteiger partial charge in [-0.05, 0) is 31.4 Å². The Morgan fingerprint density at radius 2 is 2.21 bits per heavy atom. The van der Waals surface area contributed by atoms with Crippen LogP contribution in [0.15, 0.2) is 18.2 Å². The second-order valence-corrected chi connectivity index (χ2v) is 5.36. The Balaban J connectivity index is 2.13. The van der Waals surface area contributed by atoms with Crippen molar-refractivity contribution >= 4 is 5.82 Å². The molecule has 0 spiro atoms. The molecular weight excluding hydrogens is 241 g/mol. The Hall–Kier alpha value is -1.84. The van der Waals surface area contributed by atoms with E-state index in [0.29, 0.717) is 23.0 Å². The van der Waals surface area contributed by atoms with Crippen LogP contribution in [0.1, 0.15) is 37.1 Å². The molecule has 100 valence electrons. The summed E-state index contributed by atoms with van der Waals surface area (Å²) in [6.07, 6.45) is 2.26. The molecule has 1 aliphatic heterocycles. The van der Waals surface area contributed by atoms with Crippen molar-refractivity contribution < 1.29 is 4.39 Å². The van der Waals surface area contributed by atoms with Crippen molar-refractivity contribution in [1.82, 2.24) is 9.55 Å². The fourth-order valence-electron chi connectivity index (χ4n) is 2.73. The Kier molecular flexibility index (Phi) is 2.81. The second kappa shape index (κ2) is 4.37. The first kappa shape index (κ1) is 12.2. The molecule has 1 aromatic heterocycles. The van der Waals surface area contributed by atoms with Crippen molar-refractivity contribution in [3.8, 4) is 11.3 Å². The zero-order chi connectivity index (χ0) is 13.6. The third-order valence-electron chi connectivity index (χ3n) is 3.94. The molecule has 0 amide bonds. The first-order valence-corrected chi connectivity index (χ1v) is 6.70. The first-order valence-electron chi connectivity index (χ1n) is 6.70. The molecular formula is C15H18FN3. The maximum absolute atomic E-state index is 13.7. The standard InChI is InChI=1S/C15H18FN3/c1-9-5-6-11(8-12(9)16)13-14(17)19-7-3-4-10(2)15(19)18-13/h5-6,8,10H,3-4,7,17H2,1-2H3. The number of nitrogens with zero attached hydrogens (tertiary/aromatic N) is 2. The molecule has 1 unspecified atom stereocenters. The number of aromatic nitrogens is 2. The van der Waals surface area contributed by atoms with Crippen LogP contribution in [-0.4, -0.2) is 9.55 Å². The Morgan fingerprint density at radius 1 is 1.42 bits per heavy atom. The lowest BCUT2D eigenvalue weighted by atomic mass is 10.0. The highest BCUT2D eigenvalue weighted by Gasteiger charge is 2.23. The van der Waals surface area contributed by atoms with Crippen LogP contribution < -0.4 is 5.73 Å². The normalized spacial score (nSPS) is 18.4. The highest BCUT2D eigenvalue weighted by Crippen LogP contribution is 2.34. The van der Waals surface area contributed by atoms with Gasteiger partial charge in [0, 0.05) is 18.0 Å². The minimum atomic E-state index is -0.212. The number of benzene rings is 1. The summed E-state index contributed by atoms with van der Waals surface area (Å²) in [6.45, 7) is 4.83. The summed E-state index contributed by atoms with van der Waals surface area (Å²) in [4.78, 5) is 4.64. The molecule has 1 aliphatic rings. The summed E-state index contributed by atoms with van der Waals surface area (Å²) in [5, 5.41) is 0.